The van der Waals surface area contributed by atoms with E-state index in [1.54, 1.807) is 12.1 Å². The Morgan fingerprint density at radius 1 is 1.44 bits per heavy atom. The van der Waals surface area contributed by atoms with Gasteiger partial charge in [0, 0.05) is 6.42 Å². The van der Waals surface area contributed by atoms with Crippen molar-refractivity contribution < 1.29 is 9.59 Å². The molecule has 1 aliphatic rings. The molecule has 2 N–H and O–H groups in total. The highest BCUT2D eigenvalue weighted by molar-refractivity contribution is 6.33. The number of nitriles is 1. The van der Waals surface area contributed by atoms with Crippen molar-refractivity contribution in [2.75, 3.05) is 5.32 Å². The number of benzene rings is 1. The van der Waals surface area contributed by atoms with Crippen LogP contribution in [0.25, 0.3) is 0 Å². The van der Waals surface area contributed by atoms with Crippen LogP contribution < -0.4 is 10.6 Å². The molecule has 1 aromatic rings. The van der Waals surface area contributed by atoms with E-state index in [9.17, 15) is 9.59 Å². The maximum atomic E-state index is 11.6. The zero-order chi connectivity index (χ0) is 13.1. The number of carbonyl (C=O) groups is 2. The summed E-state index contributed by atoms with van der Waals surface area (Å²) in [7, 11) is 0. The van der Waals surface area contributed by atoms with Crippen LogP contribution >= 0.6 is 11.6 Å². The standard InChI is InChI=1S/C12H10ClN3O2/c13-8-5-7(6-14)1-2-9(8)15-10-3-4-11(17)16-12(10)18/h1-2,5,10,15H,3-4H2,(H,16,17,18). The second kappa shape index (κ2) is 5.07. The number of nitrogens with one attached hydrogen (secondary N) is 2. The molecule has 0 spiro atoms. The first kappa shape index (κ1) is 12.4. The number of nitrogens with zero attached hydrogens (tertiary/aromatic N) is 1. The highest BCUT2D eigenvalue weighted by Gasteiger charge is 2.26. The monoisotopic (exact) mass is 263 g/mol. The Hall–Kier alpha value is -2.06. The lowest BCUT2D eigenvalue weighted by Gasteiger charge is -2.23. The van der Waals surface area contributed by atoms with Crippen molar-refractivity contribution >= 4 is 29.1 Å². The zero-order valence-corrected chi connectivity index (χ0v) is 10.1. The molecule has 2 rings (SSSR count). The van der Waals surface area contributed by atoms with Gasteiger partial charge in [-0.05, 0) is 24.6 Å². The quantitative estimate of drug-likeness (QED) is 0.791. The van der Waals surface area contributed by atoms with Gasteiger partial charge in [-0.2, -0.15) is 5.26 Å². The summed E-state index contributed by atoms with van der Waals surface area (Å²) in [6.45, 7) is 0. The van der Waals surface area contributed by atoms with E-state index in [-0.39, 0.29) is 11.8 Å². The number of hydrogen-bond donors (Lipinski definition) is 2. The molecule has 0 aromatic heterocycles. The number of amides is 2. The number of piperidine rings is 1. The zero-order valence-electron chi connectivity index (χ0n) is 9.37. The molecule has 18 heavy (non-hydrogen) atoms. The molecule has 6 heteroatoms. The van der Waals surface area contributed by atoms with Gasteiger partial charge < -0.3 is 5.32 Å². The van der Waals surface area contributed by atoms with Gasteiger partial charge in [0.25, 0.3) is 0 Å². The summed E-state index contributed by atoms with van der Waals surface area (Å²) in [6, 6.07) is 6.28. The van der Waals surface area contributed by atoms with E-state index in [0.717, 1.165) is 0 Å². The van der Waals surface area contributed by atoms with Crippen LogP contribution in [0.15, 0.2) is 18.2 Å². The third-order valence-corrected chi connectivity index (χ3v) is 2.98. The molecular weight excluding hydrogens is 254 g/mol. The Bertz CT molecular complexity index is 551. The van der Waals surface area contributed by atoms with Crippen LogP contribution in [-0.4, -0.2) is 17.9 Å². The third-order valence-electron chi connectivity index (χ3n) is 2.67. The number of halogens is 1. The van der Waals surface area contributed by atoms with Crippen LogP contribution in [-0.2, 0) is 9.59 Å². The van der Waals surface area contributed by atoms with E-state index in [0.29, 0.717) is 29.1 Å². The molecule has 0 aliphatic carbocycles. The number of anilines is 1. The topological polar surface area (TPSA) is 82.0 Å². The molecule has 1 fully saturated rings. The third kappa shape index (κ3) is 2.60. The first-order valence-electron chi connectivity index (χ1n) is 5.40. The average molecular weight is 264 g/mol. The first-order chi connectivity index (χ1) is 8.60. The maximum absolute atomic E-state index is 11.6. The van der Waals surface area contributed by atoms with E-state index in [4.69, 9.17) is 16.9 Å². The molecule has 1 atom stereocenters. The number of carbonyl (C=O) groups excluding carboxylic acids is 2. The Morgan fingerprint density at radius 2 is 2.22 bits per heavy atom. The van der Waals surface area contributed by atoms with Crippen LogP contribution in [0.5, 0.6) is 0 Å². The predicted molar refractivity (Wildman–Crippen MR) is 66.0 cm³/mol. The van der Waals surface area contributed by atoms with Crippen LogP contribution in [0, 0.1) is 11.3 Å². The maximum Gasteiger partial charge on any atom is 0.249 e. The first-order valence-corrected chi connectivity index (χ1v) is 5.78. The molecule has 0 radical (unpaired) electrons. The number of imide groups is 1. The van der Waals surface area contributed by atoms with Gasteiger partial charge in [0.2, 0.25) is 11.8 Å². The predicted octanol–water partition coefficient (Wildman–Crippen LogP) is 1.43. The van der Waals surface area contributed by atoms with E-state index < -0.39 is 6.04 Å². The molecule has 1 aliphatic heterocycles. The van der Waals surface area contributed by atoms with E-state index in [2.05, 4.69) is 10.6 Å². The lowest BCUT2D eigenvalue weighted by Crippen LogP contribution is -2.47. The average Bonchev–Trinajstić information content (AvgIpc) is 2.34. The SMILES string of the molecule is N#Cc1ccc(NC2CCC(=O)NC2=O)c(Cl)c1. The van der Waals surface area contributed by atoms with Crippen LogP contribution in [0.1, 0.15) is 18.4 Å². The van der Waals surface area contributed by atoms with Crippen molar-refractivity contribution in [3.05, 3.63) is 28.8 Å². The summed E-state index contributed by atoms with van der Waals surface area (Å²) >= 11 is 5.99. The van der Waals surface area contributed by atoms with Gasteiger partial charge in [-0.25, -0.2) is 0 Å². The Balaban J connectivity index is 2.12. The number of rotatable bonds is 2. The van der Waals surface area contributed by atoms with Crippen LogP contribution in [0.2, 0.25) is 5.02 Å². The molecular formula is C12H10ClN3O2. The van der Waals surface area contributed by atoms with Crippen molar-refractivity contribution in [1.29, 1.82) is 5.26 Å². The van der Waals surface area contributed by atoms with Gasteiger partial charge >= 0.3 is 0 Å². The highest BCUT2D eigenvalue weighted by atomic mass is 35.5. The smallest absolute Gasteiger partial charge is 0.249 e. The highest BCUT2D eigenvalue weighted by Crippen LogP contribution is 2.24. The lowest BCUT2D eigenvalue weighted by molar-refractivity contribution is -0.133. The fourth-order valence-electron chi connectivity index (χ4n) is 1.72. The van der Waals surface area contributed by atoms with Crippen LogP contribution in [0.3, 0.4) is 0 Å². The molecule has 1 heterocycles. The molecule has 1 aromatic carbocycles. The van der Waals surface area contributed by atoms with Gasteiger partial charge in [-0.3, -0.25) is 14.9 Å². The summed E-state index contributed by atoms with van der Waals surface area (Å²) in [6.07, 6.45) is 0.734. The second-order valence-electron chi connectivity index (χ2n) is 3.95. The Kier molecular flexibility index (Phi) is 3.49. The van der Waals surface area contributed by atoms with Crippen molar-refractivity contribution in [2.45, 2.75) is 18.9 Å². The van der Waals surface area contributed by atoms with E-state index in [1.807, 2.05) is 6.07 Å². The fraction of sp³-hybridized carbons (Fsp3) is 0.250. The van der Waals surface area contributed by atoms with Gasteiger partial charge in [-0.15, -0.1) is 0 Å². The molecule has 1 saturated heterocycles. The lowest BCUT2D eigenvalue weighted by atomic mass is 10.1. The molecule has 1 unspecified atom stereocenters. The molecule has 92 valence electrons. The van der Waals surface area contributed by atoms with Crippen LogP contribution in [0.4, 0.5) is 5.69 Å². The summed E-state index contributed by atoms with van der Waals surface area (Å²) in [5, 5.41) is 14.3. The van der Waals surface area contributed by atoms with Crippen molar-refractivity contribution in [3.8, 4) is 6.07 Å². The summed E-state index contributed by atoms with van der Waals surface area (Å²) in [4.78, 5) is 22.6. The van der Waals surface area contributed by atoms with Gasteiger partial charge in [0.1, 0.15) is 6.04 Å². The minimum atomic E-state index is -0.479. The Labute approximate surface area is 109 Å². The molecule has 2 amide bonds. The van der Waals surface area contributed by atoms with Crippen molar-refractivity contribution in [2.24, 2.45) is 0 Å². The Morgan fingerprint density at radius 3 is 2.83 bits per heavy atom. The molecule has 0 bridgehead atoms. The minimum Gasteiger partial charge on any atom is -0.372 e. The van der Waals surface area contributed by atoms with Gasteiger partial charge in [0.05, 0.1) is 22.3 Å². The number of hydrogen-bond acceptors (Lipinski definition) is 4. The fourth-order valence-corrected chi connectivity index (χ4v) is 1.96. The second-order valence-corrected chi connectivity index (χ2v) is 4.36. The van der Waals surface area contributed by atoms with E-state index >= 15 is 0 Å². The van der Waals surface area contributed by atoms with Crippen molar-refractivity contribution in [1.82, 2.24) is 5.32 Å². The summed E-state index contributed by atoms with van der Waals surface area (Å²) in [5.41, 5.74) is 1.03. The van der Waals surface area contributed by atoms with Crippen molar-refractivity contribution in [3.63, 3.8) is 0 Å². The summed E-state index contributed by atoms with van der Waals surface area (Å²) in [5.74, 6) is -0.615. The largest absolute Gasteiger partial charge is 0.372 e. The molecule has 5 nitrogen and oxygen atoms in total. The van der Waals surface area contributed by atoms with E-state index in [1.165, 1.54) is 6.07 Å². The van der Waals surface area contributed by atoms with Gasteiger partial charge in [-0.1, -0.05) is 11.6 Å². The minimum absolute atomic E-state index is 0.260. The van der Waals surface area contributed by atoms with Gasteiger partial charge in [0.15, 0.2) is 0 Å². The summed E-state index contributed by atoms with van der Waals surface area (Å²) < 4.78 is 0. The normalized spacial score (nSPS) is 19.0. The molecule has 0 saturated carbocycles.